The zero-order chi connectivity index (χ0) is 26.9. The SMILES string of the molecule is c1ccc(-c2sc3c(ccc4c3c3ccccc3n4-c3ccc4oc5ccccc5c4c3)c2-c2ccccc2)cc1. The molecule has 41 heavy (non-hydrogen) atoms. The molecule has 9 rings (SSSR count). The van der Waals surface area contributed by atoms with Crippen LogP contribution in [0, 0.1) is 0 Å². The molecule has 0 aliphatic carbocycles. The zero-order valence-corrected chi connectivity index (χ0v) is 22.9. The van der Waals surface area contributed by atoms with E-state index in [9.17, 15) is 0 Å². The van der Waals surface area contributed by atoms with E-state index in [0.717, 1.165) is 27.6 Å². The molecule has 2 nitrogen and oxygen atoms in total. The van der Waals surface area contributed by atoms with Crippen LogP contribution in [0.15, 0.2) is 144 Å². The van der Waals surface area contributed by atoms with Crippen molar-refractivity contribution in [3.05, 3.63) is 140 Å². The van der Waals surface area contributed by atoms with Gasteiger partial charge in [0.25, 0.3) is 0 Å². The molecule has 3 heteroatoms. The van der Waals surface area contributed by atoms with Crippen LogP contribution in [0.2, 0.25) is 0 Å². The van der Waals surface area contributed by atoms with E-state index in [1.165, 1.54) is 53.5 Å². The van der Waals surface area contributed by atoms with Gasteiger partial charge in [-0.1, -0.05) is 103 Å². The van der Waals surface area contributed by atoms with E-state index in [1.54, 1.807) is 0 Å². The van der Waals surface area contributed by atoms with Gasteiger partial charge in [0.15, 0.2) is 0 Å². The molecule has 0 bridgehead atoms. The molecular weight excluding hydrogens is 518 g/mol. The number of para-hydroxylation sites is 2. The smallest absolute Gasteiger partial charge is 0.135 e. The molecule has 0 spiro atoms. The number of furan rings is 1. The Morgan fingerprint density at radius 2 is 1.17 bits per heavy atom. The average molecular weight is 542 g/mol. The molecule has 0 fully saturated rings. The summed E-state index contributed by atoms with van der Waals surface area (Å²) in [6, 6.07) is 49.9. The molecular formula is C38H23NOS. The van der Waals surface area contributed by atoms with E-state index < -0.39 is 0 Å². The maximum absolute atomic E-state index is 6.15. The summed E-state index contributed by atoms with van der Waals surface area (Å²) < 4.78 is 9.89. The molecule has 6 aromatic carbocycles. The minimum absolute atomic E-state index is 0.913. The molecule has 0 amide bonds. The van der Waals surface area contributed by atoms with Crippen LogP contribution in [-0.4, -0.2) is 4.57 Å². The van der Waals surface area contributed by atoms with E-state index in [2.05, 4.69) is 132 Å². The Labute approximate surface area is 240 Å². The first kappa shape index (κ1) is 22.7. The monoisotopic (exact) mass is 541 g/mol. The highest BCUT2D eigenvalue weighted by Gasteiger charge is 2.21. The lowest BCUT2D eigenvalue weighted by atomic mass is 9.98. The van der Waals surface area contributed by atoms with Crippen LogP contribution in [0.1, 0.15) is 0 Å². The van der Waals surface area contributed by atoms with Crippen molar-refractivity contribution in [1.82, 2.24) is 4.57 Å². The van der Waals surface area contributed by atoms with Gasteiger partial charge in [-0.25, -0.2) is 0 Å². The number of fused-ring (bicyclic) bond motifs is 8. The number of thiophene rings is 1. The van der Waals surface area contributed by atoms with Crippen molar-refractivity contribution in [2.24, 2.45) is 0 Å². The molecule has 0 aliphatic heterocycles. The van der Waals surface area contributed by atoms with Gasteiger partial charge >= 0.3 is 0 Å². The Bertz CT molecular complexity index is 2410. The Morgan fingerprint density at radius 1 is 0.488 bits per heavy atom. The molecule has 3 heterocycles. The van der Waals surface area contributed by atoms with E-state index in [4.69, 9.17) is 4.42 Å². The second-order valence-electron chi connectivity index (χ2n) is 10.5. The topological polar surface area (TPSA) is 18.1 Å². The van der Waals surface area contributed by atoms with E-state index >= 15 is 0 Å². The van der Waals surface area contributed by atoms with Crippen LogP contribution in [0.4, 0.5) is 0 Å². The first-order chi connectivity index (χ1) is 20.3. The summed E-state index contributed by atoms with van der Waals surface area (Å²) in [7, 11) is 0. The third-order valence-electron chi connectivity index (χ3n) is 8.21. The predicted octanol–water partition coefficient (Wildman–Crippen LogP) is 11.2. The zero-order valence-electron chi connectivity index (χ0n) is 22.0. The molecule has 192 valence electrons. The predicted molar refractivity (Wildman–Crippen MR) is 174 cm³/mol. The minimum atomic E-state index is 0.913. The molecule has 0 saturated carbocycles. The fraction of sp³-hybridized carbons (Fsp3) is 0. The van der Waals surface area contributed by atoms with E-state index in [0.29, 0.717) is 0 Å². The minimum Gasteiger partial charge on any atom is -0.456 e. The van der Waals surface area contributed by atoms with Gasteiger partial charge in [0.05, 0.1) is 11.0 Å². The number of rotatable bonds is 3. The Kier molecular flexibility index (Phi) is 4.80. The number of hydrogen-bond donors (Lipinski definition) is 0. The largest absolute Gasteiger partial charge is 0.456 e. The van der Waals surface area contributed by atoms with Gasteiger partial charge in [-0.05, 0) is 47.5 Å². The summed E-state index contributed by atoms with van der Waals surface area (Å²) in [6.07, 6.45) is 0. The Balaban J connectivity index is 1.40. The fourth-order valence-electron chi connectivity index (χ4n) is 6.42. The van der Waals surface area contributed by atoms with Crippen LogP contribution < -0.4 is 0 Å². The van der Waals surface area contributed by atoms with Crippen molar-refractivity contribution >= 4 is 65.2 Å². The third-order valence-corrected chi connectivity index (χ3v) is 9.48. The first-order valence-corrected chi connectivity index (χ1v) is 14.7. The molecule has 0 saturated heterocycles. The average Bonchev–Trinajstić information content (AvgIpc) is 3.71. The summed E-state index contributed by atoms with van der Waals surface area (Å²) in [5, 5.41) is 6.15. The molecule has 0 radical (unpaired) electrons. The fourth-order valence-corrected chi connectivity index (χ4v) is 7.81. The summed E-state index contributed by atoms with van der Waals surface area (Å²) in [5.74, 6) is 0. The van der Waals surface area contributed by atoms with Gasteiger partial charge in [0.2, 0.25) is 0 Å². The normalized spacial score (nSPS) is 11.9. The van der Waals surface area contributed by atoms with Crippen molar-refractivity contribution in [3.8, 4) is 27.3 Å². The van der Waals surface area contributed by atoms with Crippen molar-refractivity contribution in [3.63, 3.8) is 0 Å². The lowest BCUT2D eigenvalue weighted by Crippen LogP contribution is -1.93. The number of hydrogen-bond acceptors (Lipinski definition) is 2. The highest BCUT2D eigenvalue weighted by molar-refractivity contribution is 7.24. The molecule has 9 aromatic rings. The van der Waals surface area contributed by atoms with Gasteiger partial charge in [-0.3, -0.25) is 0 Å². The lowest BCUT2D eigenvalue weighted by Gasteiger charge is -2.08. The van der Waals surface area contributed by atoms with Gasteiger partial charge in [-0.15, -0.1) is 11.3 Å². The van der Waals surface area contributed by atoms with Crippen LogP contribution in [0.5, 0.6) is 0 Å². The number of nitrogens with zero attached hydrogens (tertiary/aromatic N) is 1. The summed E-state index contributed by atoms with van der Waals surface area (Å²) in [4.78, 5) is 1.31. The van der Waals surface area contributed by atoms with Gasteiger partial charge in [-0.2, -0.15) is 0 Å². The molecule has 0 atom stereocenters. The maximum atomic E-state index is 6.15. The van der Waals surface area contributed by atoms with Crippen molar-refractivity contribution in [1.29, 1.82) is 0 Å². The first-order valence-electron chi connectivity index (χ1n) is 13.9. The summed E-state index contributed by atoms with van der Waals surface area (Å²) in [6.45, 7) is 0. The van der Waals surface area contributed by atoms with Crippen molar-refractivity contribution in [2.45, 2.75) is 0 Å². The van der Waals surface area contributed by atoms with Gasteiger partial charge in [0, 0.05) is 47.8 Å². The molecule has 0 N–H and O–H groups in total. The highest BCUT2D eigenvalue weighted by atomic mass is 32.1. The quantitative estimate of drug-likeness (QED) is 0.217. The van der Waals surface area contributed by atoms with Crippen LogP contribution in [0.3, 0.4) is 0 Å². The maximum Gasteiger partial charge on any atom is 0.135 e. The summed E-state index contributed by atoms with van der Waals surface area (Å²) in [5.41, 5.74) is 9.20. The number of aromatic nitrogens is 1. The molecule has 0 unspecified atom stereocenters. The van der Waals surface area contributed by atoms with Crippen LogP contribution in [-0.2, 0) is 0 Å². The van der Waals surface area contributed by atoms with Crippen molar-refractivity contribution in [2.75, 3.05) is 0 Å². The standard InChI is InChI=1S/C38H23NOS/c1-3-11-24(12-4-1)35-29-20-21-32-36(38(29)41-37(35)25-13-5-2-6-14-25)28-16-7-9-17-31(28)39(32)26-19-22-34-30(23-26)27-15-8-10-18-33(27)40-34/h1-23H. The third kappa shape index (κ3) is 3.30. The lowest BCUT2D eigenvalue weighted by molar-refractivity contribution is 0.669. The van der Waals surface area contributed by atoms with Gasteiger partial charge < -0.3 is 8.98 Å². The second-order valence-corrected chi connectivity index (χ2v) is 11.5. The van der Waals surface area contributed by atoms with E-state index in [1.807, 2.05) is 23.5 Å². The van der Waals surface area contributed by atoms with Gasteiger partial charge in [0.1, 0.15) is 11.2 Å². The van der Waals surface area contributed by atoms with Crippen LogP contribution in [0.25, 0.3) is 81.1 Å². The molecule has 0 aliphatic rings. The Hall–Kier alpha value is -5.12. The van der Waals surface area contributed by atoms with Crippen molar-refractivity contribution < 1.29 is 4.42 Å². The summed E-state index contributed by atoms with van der Waals surface area (Å²) >= 11 is 1.90. The highest BCUT2D eigenvalue weighted by Crippen LogP contribution is 2.49. The second kappa shape index (κ2) is 8.69. The number of benzene rings is 6. The Morgan fingerprint density at radius 3 is 2.00 bits per heavy atom. The van der Waals surface area contributed by atoms with E-state index in [-0.39, 0.29) is 0 Å². The van der Waals surface area contributed by atoms with Crippen LogP contribution >= 0.6 is 11.3 Å². The molecule has 3 aromatic heterocycles.